The molecule has 2 amide bonds. The van der Waals surface area contributed by atoms with E-state index >= 15 is 0 Å². The van der Waals surface area contributed by atoms with Crippen molar-refractivity contribution in [2.75, 3.05) is 7.05 Å². The quantitative estimate of drug-likeness (QED) is 0.810. The van der Waals surface area contributed by atoms with Crippen LogP contribution in [-0.4, -0.2) is 28.2 Å². The van der Waals surface area contributed by atoms with Crippen LogP contribution in [0.15, 0.2) is 27.6 Å². The molecule has 2 rings (SSSR count). The first-order valence-corrected chi connectivity index (χ1v) is 6.30. The van der Waals surface area contributed by atoms with E-state index in [2.05, 4.69) is 15.9 Å². The molecule has 0 radical (unpaired) electrons. The molecule has 0 spiro atoms. The zero-order valence-electron chi connectivity index (χ0n) is 8.81. The van der Waals surface area contributed by atoms with Crippen molar-refractivity contribution in [1.82, 2.24) is 4.90 Å². The summed E-state index contributed by atoms with van der Waals surface area (Å²) in [4.78, 5) is 24.3. The van der Waals surface area contributed by atoms with Crippen LogP contribution in [0.25, 0.3) is 6.08 Å². The third-order valence-electron chi connectivity index (χ3n) is 2.26. The first kappa shape index (κ1) is 12.2. The number of halogens is 1. The number of hydrogen-bond donors (Lipinski definition) is 1. The SMILES string of the molecule is CN1C(=O)S/C(=C\c2cc(Br)ccc2O)C1=O. The van der Waals surface area contributed by atoms with E-state index < -0.39 is 0 Å². The van der Waals surface area contributed by atoms with Gasteiger partial charge in [0, 0.05) is 17.1 Å². The minimum absolute atomic E-state index is 0.0658. The van der Waals surface area contributed by atoms with Crippen LogP contribution < -0.4 is 0 Å². The lowest BCUT2D eigenvalue weighted by molar-refractivity contribution is -0.121. The molecule has 88 valence electrons. The predicted molar refractivity (Wildman–Crippen MR) is 69.5 cm³/mol. The molecule has 1 N–H and O–H groups in total. The number of aromatic hydroxyl groups is 1. The van der Waals surface area contributed by atoms with Crippen LogP contribution in [0.5, 0.6) is 5.75 Å². The number of thioether (sulfide) groups is 1. The number of carbonyl (C=O) groups excluding carboxylic acids is 2. The summed E-state index contributed by atoms with van der Waals surface area (Å²) in [6.45, 7) is 0. The van der Waals surface area contributed by atoms with Crippen LogP contribution in [0.2, 0.25) is 0 Å². The first-order chi connectivity index (χ1) is 7.99. The van der Waals surface area contributed by atoms with Gasteiger partial charge in [-0.05, 0) is 36.0 Å². The molecule has 1 aromatic carbocycles. The smallest absolute Gasteiger partial charge is 0.293 e. The lowest BCUT2D eigenvalue weighted by atomic mass is 10.2. The number of amides is 2. The summed E-state index contributed by atoms with van der Waals surface area (Å²) < 4.78 is 0.789. The van der Waals surface area contributed by atoms with Gasteiger partial charge in [0.05, 0.1) is 4.91 Å². The van der Waals surface area contributed by atoms with Crippen LogP contribution in [-0.2, 0) is 4.79 Å². The Bertz CT molecular complexity index is 542. The van der Waals surface area contributed by atoms with Crippen molar-refractivity contribution in [3.8, 4) is 5.75 Å². The van der Waals surface area contributed by atoms with Gasteiger partial charge < -0.3 is 5.11 Å². The summed E-state index contributed by atoms with van der Waals surface area (Å²) in [6, 6.07) is 4.89. The Morgan fingerprint density at radius 2 is 2.12 bits per heavy atom. The number of likely N-dealkylation sites (N-methyl/N-ethyl adjacent to an activating group) is 1. The van der Waals surface area contributed by atoms with Crippen molar-refractivity contribution in [1.29, 1.82) is 0 Å². The molecule has 0 aromatic heterocycles. The average molecular weight is 314 g/mol. The van der Waals surface area contributed by atoms with Crippen molar-refractivity contribution in [2.45, 2.75) is 0 Å². The maximum atomic E-state index is 11.6. The molecular formula is C11H8BrNO3S. The van der Waals surface area contributed by atoms with Crippen molar-refractivity contribution in [3.63, 3.8) is 0 Å². The molecule has 0 saturated carbocycles. The summed E-state index contributed by atoms with van der Waals surface area (Å²) >= 11 is 4.14. The fraction of sp³-hybridized carbons (Fsp3) is 0.0909. The molecule has 0 atom stereocenters. The molecule has 1 aromatic rings. The maximum Gasteiger partial charge on any atom is 0.293 e. The third kappa shape index (κ3) is 2.37. The standard InChI is InChI=1S/C11H8BrNO3S/c1-13-10(15)9(17-11(13)16)5-6-4-7(12)2-3-8(6)14/h2-5,14H,1H3/b9-5-. The van der Waals surface area contributed by atoms with Crippen molar-refractivity contribution >= 4 is 44.9 Å². The topological polar surface area (TPSA) is 57.6 Å². The predicted octanol–water partition coefficient (Wildman–Crippen LogP) is 2.82. The van der Waals surface area contributed by atoms with Crippen molar-refractivity contribution in [3.05, 3.63) is 33.1 Å². The molecule has 17 heavy (non-hydrogen) atoms. The molecule has 0 unspecified atom stereocenters. The molecule has 1 aliphatic heterocycles. The van der Waals surface area contributed by atoms with Crippen LogP contribution in [0.3, 0.4) is 0 Å². The summed E-state index contributed by atoms with van der Waals surface area (Å²) in [5, 5.41) is 9.32. The monoisotopic (exact) mass is 313 g/mol. The van der Waals surface area contributed by atoms with Crippen LogP contribution in [0.4, 0.5) is 4.79 Å². The Kier molecular flexibility index (Phi) is 3.26. The Morgan fingerprint density at radius 1 is 1.41 bits per heavy atom. The molecule has 0 aliphatic carbocycles. The molecule has 4 nitrogen and oxygen atoms in total. The van der Waals surface area contributed by atoms with Gasteiger partial charge in [0.15, 0.2) is 0 Å². The Morgan fingerprint density at radius 3 is 2.71 bits per heavy atom. The van der Waals surface area contributed by atoms with Crippen LogP contribution in [0, 0.1) is 0 Å². The highest BCUT2D eigenvalue weighted by atomic mass is 79.9. The Balaban J connectivity index is 2.40. The van der Waals surface area contributed by atoms with E-state index in [0.717, 1.165) is 21.1 Å². The lowest BCUT2D eigenvalue weighted by Crippen LogP contribution is -2.22. The number of hydrogen-bond acceptors (Lipinski definition) is 4. The molecule has 1 fully saturated rings. The molecule has 6 heteroatoms. The summed E-state index contributed by atoms with van der Waals surface area (Å²) in [7, 11) is 1.43. The fourth-order valence-electron chi connectivity index (χ4n) is 1.33. The molecule has 0 bridgehead atoms. The van der Waals surface area contributed by atoms with Gasteiger partial charge in [0.25, 0.3) is 11.1 Å². The minimum atomic E-state index is -0.348. The third-order valence-corrected chi connectivity index (χ3v) is 3.72. The largest absolute Gasteiger partial charge is 0.507 e. The summed E-state index contributed by atoms with van der Waals surface area (Å²) in [5.41, 5.74) is 0.498. The second-order valence-electron chi connectivity index (χ2n) is 3.44. The number of carbonyl (C=O) groups is 2. The van der Waals surface area contributed by atoms with Crippen LogP contribution >= 0.6 is 27.7 Å². The summed E-state index contributed by atoms with van der Waals surface area (Å²) in [6.07, 6.45) is 1.51. The van der Waals surface area contributed by atoms with E-state index in [1.807, 2.05) is 0 Å². The van der Waals surface area contributed by atoms with Gasteiger partial charge in [-0.1, -0.05) is 15.9 Å². The highest BCUT2D eigenvalue weighted by molar-refractivity contribution is 9.10. The second kappa shape index (κ2) is 4.54. The number of nitrogens with zero attached hydrogens (tertiary/aromatic N) is 1. The van der Waals surface area contributed by atoms with Gasteiger partial charge >= 0.3 is 0 Å². The number of benzene rings is 1. The number of imide groups is 1. The molecule has 1 saturated heterocycles. The number of rotatable bonds is 1. The van der Waals surface area contributed by atoms with Gasteiger partial charge in [-0.15, -0.1) is 0 Å². The average Bonchev–Trinajstić information content (AvgIpc) is 2.52. The van der Waals surface area contributed by atoms with Crippen molar-refractivity contribution in [2.24, 2.45) is 0 Å². The number of phenols is 1. The van der Waals surface area contributed by atoms with E-state index in [0.29, 0.717) is 10.5 Å². The van der Waals surface area contributed by atoms with Gasteiger partial charge in [0.2, 0.25) is 0 Å². The van der Waals surface area contributed by atoms with E-state index in [9.17, 15) is 14.7 Å². The summed E-state index contributed by atoms with van der Waals surface area (Å²) in [5.74, 6) is -0.282. The van der Waals surface area contributed by atoms with E-state index in [1.54, 1.807) is 12.1 Å². The zero-order chi connectivity index (χ0) is 12.6. The molecular weight excluding hydrogens is 306 g/mol. The van der Waals surface area contributed by atoms with Gasteiger partial charge in [0.1, 0.15) is 5.75 Å². The number of phenolic OH excluding ortho intramolecular Hbond substituents is 1. The zero-order valence-corrected chi connectivity index (χ0v) is 11.2. The minimum Gasteiger partial charge on any atom is -0.507 e. The van der Waals surface area contributed by atoms with Gasteiger partial charge in [-0.2, -0.15) is 0 Å². The molecule has 1 heterocycles. The highest BCUT2D eigenvalue weighted by Crippen LogP contribution is 2.33. The highest BCUT2D eigenvalue weighted by Gasteiger charge is 2.31. The van der Waals surface area contributed by atoms with Crippen LogP contribution in [0.1, 0.15) is 5.56 Å². The Hall–Kier alpha value is -1.27. The Labute approximate surface area is 110 Å². The lowest BCUT2D eigenvalue weighted by Gasteiger charge is -2.02. The van der Waals surface area contributed by atoms with Gasteiger partial charge in [-0.25, -0.2) is 0 Å². The first-order valence-electron chi connectivity index (χ1n) is 4.69. The van der Waals surface area contributed by atoms with E-state index in [-0.39, 0.29) is 16.9 Å². The van der Waals surface area contributed by atoms with Crippen molar-refractivity contribution < 1.29 is 14.7 Å². The fourth-order valence-corrected chi connectivity index (χ4v) is 2.52. The second-order valence-corrected chi connectivity index (χ2v) is 5.35. The normalized spacial score (nSPS) is 18.2. The maximum absolute atomic E-state index is 11.6. The van der Waals surface area contributed by atoms with E-state index in [1.165, 1.54) is 19.2 Å². The molecule has 1 aliphatic rings. The van der Waals surface area contributed by atoms with Gasteiger partial charge in [-0.3, -0.25) is 14.5 Å². The van der Waals surface area contributed by atoms with E-state index in [4.69, 9.17) is 0 Å².